The number of carbonyl (C=O) groups is 2. The van der Waals surface area contributed by atoms with Crippen LogP contribution in [0.5, 0.6) is 0 Å². The molecule has 1 amide bonds. The van der Waals surface area contributed by atoms with Crippen LogP contribution in [0.4, 0.5) is 0 Å². The third-order valence-electron chi connectivity index (χ3n) is 4.86. The molecule has 0 spiro atoms. The van der Waals surface area contributed by atoms with Crippen LogP contribution < -0.4 is 16.8 Å². The predicted molar refractivity (Wildman–Crippen MR) is 112 cm³/mol. The number of amidine groups is 1. The second kappa shape index (κ2) is 11.1. The first-order valence-corrected chi connectivity index (χ1v) is 10.00. The fourth-order valence-corrected chi connectivity index (χ4v) is 3.37. The van der Waals surface area contributed by atoms with Crippen molar-refractivity contribution in [2.45, 2.75) is 45.2 Å². The molecule has 28 heavy (non-hydrogen) atoms. The topological polar surface area (TPSA) is 123 Å². The molecule has 0 bridgehead atoms. The molecule has 154 valence electrons. The van der Waals surface area contributed by atoms with Crippen molar-refractivity contribution in [3.63, 3.8) is 0 Å². The number of nitrogens with one attached hydrogen (secondary N) is 1. The van der Waals surface area contributed by atoms with Crippen molar-refractivity contribution in [3.05, 3.63) is 35.4 Å². The van der Waals surface area contributed by atoms with Gasteiger partial charge in [-0.15, -0.1) is 0 Å². The van der Waals surface area contributed by atoms with Gasteiger partial charge in [0.1, 0.15) is 0 Å². The van der Waals surface area contributed by atoms with Gasteiger partial charge in [-0.05, 0) is 37.2 Å². The molecule has 1 aromatic rings. The van der Waals surface area contributed by atoms with Crippen molar-refractivity contribution >= 4 is 27.1 Å². The molecule has 1 aliphatic rings. The van der Waals surface area contributed by atoms with Gasteiger partial charge in [-0.25, -0.2) is 4.79 Å². The van der Waals surface area contributed by atoms with E-state index < -0.39 is 12.0 Å². The first-order chi connectivity index (χ1) is 13.3. The molecule has 1 aliphatic heterocycles. The number of carbonyl (C=O) groups excluding carboxylic acids is 2. The summed E-state index contributed by atoms with van der Waals surface area (Å²) in [6.07, 6.45) is 4.01. The van der Waals surface area contributed by atoms with Crippen LogP contribution in [0.15, 0.2) is 29.4 Å². The number of nitrogens with zero attached hydrogens (tertiary/aromatic N) is 2. The van der Waals surface area contributed by atoms with Crippen molar-refractivity contribution in [1.82, 2.24) is 9.99 Å². The minimum absolute atomic E-state index is 0.111. The summed E-state index contributed by atoms with van der Waals surface area (Å²) < 4.78 is 2.25. The first kappa shape index (κ1) is 22.3. The molecule has 0 saturated carbocycles. The standard InChI is InChI=1S/C19H30N5O3P/c1-13(25)27-23-18(21)16-5-2-15(3-6-16)12-22-19(26)17(20)7-4-14-8-10-24(28)11-9-14/h2-3,5-6,14,17H,4,7-12,20,28H2,1H3,(H2,21,23)(H,22,26). The van der Waals surface area contributed by atoms with Crippen LogP contribution in [0, 0.1) is 5.92 Å². The van der Waals surface area contributed by atoms with E-state index in [-0.39, 0.29) is 11.7 Å². The summed E-state index contributed by atoms with van der Waals surface area (Å²) in [7, 11) is 2.74. The lowest BCUT2D eigenvalue weighted by Gasteiger charge is -2.29. The van der Waals surface area contributed by atoms with Crippen LogP contribution in [0.3, 0.4) is 0 Å². The summed E-state index contributed by atoms with van der Waals surface area (Å²) >= 11 is 0. The minimum Gasteiger partial charge on any atom is -0.380 e. The molecular weight excluding hydrogens is 377 g/mol. The molecule has 1 saturated heterocycles. The Labute approximate surface area is 168 Å². The number of nitrogens with two attached hydrogens (primary N) is 2. The van der Waals surface area contributed by atoms with Crippen molar-refractivity contribution < 1.29 is 14.4 Å². The Kier molecular flexibility index (Phi) is 8.83. The summed E-state index contributed by atoms with van der Waals surface area (Å²) in [5, 5.41) is 6.41. The van der Waals surface area contributed by atoms with Gasteiger partial charge < -0.3 is 21.6 Å². The van der Waals surface area contributed by atoms with Gasteiger partial charge in [-0.1, -0.05) is 38.8 Å². The maximum atomic E-state index is 12.2. The van der Waals surface area contributed by atoms with Crippen LogP contribution in [-0.2, 0) is 21.0 Å². The fraction of sp³-hybridized carbons (Fsp3) is 0.526. The third-order valence-corrected chi connectivity index (χ3v) is 5.38. The van der Waals surface area contributed by atoms with Crippen LogP contribution in [-0.4, -0.2) is 41.5 Å². The number of piperidine rings is 1. The second-order valence-corrected chi connectivity index (χ2v) is 7.87. The average Bonchev–Trinajstić information content (AvgIpc) is 2.69. The number of amides is 1. The molecule has 1 fully saturated rings. The van der Waals surface area contributed by atoms with Gasteiger partial charge in [0.05, 0.1) is 6.04 Å². The van der Waals surface area contributed by atoms with E-state index >= 15 is 0 Å². The molecule has 0 aliphatic carbocycles. The van der Waals surface area contributed by atoms with Gasteiger partial charge in [0, 0.05) is 32.1 Å². The predicted octanol–water partition coefficient (Wildman–Crippen LogP) is 1.10. The van der Waals surface area contributed by atoms with Crippen molar-refractivity contribution in [3.8, 4) is 0 Å². The summed E-state index contributed by atoms with van der Waals surface area (Å²) in [6, 6.07) is 6.67. The van der Waals surface area contributed by atoms with Gasteiger partial charge in [-0.2, -0.15) is 0 Å². The first-order valence-electron chi connectivity index (χ1n) is 9.48. The Hall–Kier alpha value is -2.02. The largest absolute Gasteiger partial charge is 0.380 e. The second-order valence-electron chi connectivity index (χ2n) is 7.14. The molecule has 0 radical (unpaired) electrons. The fourth-order valence-electron chi connectivity index (χ4n) is 3.07. The minimum atomic E-state index is -0.534. The van der Waals surface area contributed by atoms with E-state index in [1.54, 1.807) is 12.1 Å². The Balaban J connectivity index is 1.74. The van der Waals surface area contributed by atoms with E-state index in [2.05, 4.69) is 29.4 Å². The normalized spacial score (nSPS) is 17.2. The lowest BCUT2D eigenvalue weighted by atomic mass is 9.91. The zero-order valence-electron chi connectivity index (χ0n) is 16.3. The van der Waals surface area contributed by atoms with E-state index in [4.69, 9.17) is 11.5 Å². The highest BCUT2D eigenvalue weighted by atomic mass is 31.0. The van der Waals surface area contributed by atoms with Crippen LogP contribution >= 0.6 is 9.39 Å². The quantitative estimate of drug-likeness (QED) is 0.195. The molecule has 9 heteroatoms. The van der Waals surface area contributed by atoms with Crippen molar-refractivity contribution in [1.29, 1.82) is 0 Å². The highest BCUT2D eigenvalue weighted by molar-refractivity contribution is 7.13. The highest BCUT2D eigenvalue weighted by Gasteiger charge is 2.20. The van der Waals surface area contributed by atoms with E-state index in [1.165, 1.54) is 6.92 Å². The van der Waals surface area contributed by atoms with Gasteiger partial charge >= 0.3 is 5.97 Å². The Morgan fingerprint density at radius 2 is 1.96 bits per heavy atom. The molecule has 2 atom stereocenters. The number of hydrogen-bond donors (Lipinski definition) is 3. The molecule has 1 aromatic carbocycles. The third kappa shape index (κ3) is 7.54. The molecular formula is C19H30N5O3P. The van der Waals surface area contributed by atoms with Crippen LogP contribution in [0.2, 0.25) is 0 Å². The summed E-state index contributed by atoms with van der Waals surface area (Å²) in [4.78, 5) is 27.5. The maximum absolute atomic E-state index is 12.2. The van der Waals surface area contributed by atoms with E-state index in [9.17, 15) is 9.59 Å². The molecule has 5 N–H and O–H groups in total. The van der Waals surface area contributed by atoms with E-state index in [0.717, 1.165) is 37.9 Å². The van der Waals surface area contributed by atoms with Crippen molar-refractivity contribution in [2.75, 3.05) is 13.1 Å². The van der Waals surface area contributed by atoms with Gasteiger partial charge in [0.2, 0.25) is 5.91 Å². The number of benzene rings is 1. The monoisotopic (exact) mass is 407 g/mol. The zero-order valence-corrected chi connectivity index (χ0v) is 17.4. The molecule has 1 heterocycles. The lowest BCUT2D eigenvalue weighted by Crippen LogP contribution is -2.40. The molecule has 0 aromatic heterocycles. The van der Waals surface area contributed by atoms with Crippen molar-refractivity contribution in [2.24, 2.45) is 22.5 Å². The molecule has 2 rings (SSSR count). The Morgan fingerprint density at radius 1 is 1.32 bits per heavy atom. The lowest BCUT2D eigenvalue weighted by molar-refractivity contribution is -0.140. The van der Waals surface area contributed by atoms with E-state index in [1.807, 2.05) is 12.1 Å². The highest BCUT2D eigenvalue weighted by Crippen LogP contribution is 2.23. The van der Waals surface area contributed by atoms with Crippen LogP contribution in [0.1, 0.15) is 43.7 Å². The van der Waals surface area contributed by atoms with E-state index in [0.29, 0.717) is 24.4 Å². The smallest absolute Gasteiger partial charge is 0.332 e. The van der Waals surface area contributed by atoms with Gasteiger partial charge in [0.15, 0.2) is 5.84 Å². The number of oxime groups is 1. The maximum Gasteiger partial charge on any atom is 0.332 e. The Morgan fingerprint density at radius 3 is 2.57 bits per heavy atom. The summed E-state index contributed by atoms with van der Waals surface area (Å²) in [5.41, 5.74) is 13.3. The molecule has 2 unspecified atom stereocenters. The Bertz CT molecular complexity index is 687. The zero-order chi connectivity index (χ0) is 20.5. The van der Waals surface area contributed by atoms with Gasteiger partial charge in [0.25, 0.3) is 0 Å². The number of hydrogen-bond acceptors (Lipinski definition) is 6. The number of rotatable bonds is 8. The summed E-state index contributed by atoms with van der Waals surface area (Å²) in [6.45, 7) is 3.81. The average molecular weight is 407 g/mol. The van der Waals surface area contributed by atoms with Crippen LogP contribution in [0.25, 0.3) is 0 Å². The van der Waals surface area contributed by atoms with Gasteiger partial charge in [-0.3, -0.25) is 9.46 Å². The SMILES string of the molecule is CC(=O)ON=C(N)c1ccc(CNC(=O)C(N)CCC2CCN(P)CC2)cc1. The summed E-state index contributed by atoms with van der Waals surface area (Å²) in [5.74, 6) is 0.0968. The molecule has 8 nitrogen and oxygen atoms in total.